The summed E-state index contributed by atoms with van der Waals surface area (Å²) in [5.41, 5.74) is -0.743. The summed E-state index contributed by atoms with van der Waals surface area (Å²) < 4.78 is 51.1. The van der Waals surface area contributed by atoms with Crippen molar-refractivity contribution in [3.63, 3.8) is 0 Å². The lowest BCUT2D eigenvalue weighted by molar-refractivity contribution is -0.140. The van der Waals surface area contributed by atoms with E-state index in [1.807, 2.05) is 16.8 Å². The second kappa shape index (κ2) is 5.85. The quantitative estimate of drug-likeness (QED) is 0.778. The van der Waals surface area contributed by atoms with Crippen molar-refractivity contribution in [2.24, 2.45) is 0 Å². The predicted octanol–water partition coefficient (Wildman–Crippen LogP) is 4.18. The van der Waals surface area contributed by atoms with Gasteiger partial charge in [0.25, 0.3) is 5.91 Å². The Kier molecular flexibility index (Phi) is 4.32. The summed E-state index contributed by atoms with van der Waals surface area (Å²) in [7, 11) is 1.48. The first-order valence-electron chi connectivity index (χ1n) is 5.92. The molecule has 0 unspecified atom stereocenters. The molecule has 0 saturated carbocycles. The van der Waals surface area contributed by atoms with Gasteiger partial charge in [0.2, 0.25) is 0 Å². The minimum absolute atomic E-state index is 0.193. The zero-order valence-corrected chi connectivity index (χ0v) is 11.8. The van der Waals surface area contributed by atoms with Gasteiger partial charge in [-0.1, -0.05) is 0 Å². The fourth-order valence-electron chi connectivity index (χ4n) is 1.82. The van der Waals surface area contributed by atoms with Crippen LogP contribution in [0, 0.1) is 5.82 Å². The maximum absolute atomic E-state index is 13.2. The van der Waals surface area contributed by atoms with Gasteiger partial charge in [0.15, 0.2) is 0 Å². The third-order valence-electron chi connectivity index (χ3n) is 2.87. The second-order valence-corrected chi connectivity index (χ2v) is 5.27. The molecule has 1 aromatic carbocycles. The molecular weight excluding hydrogens is 306 g/mol. The van der Waals surface area contributed by atoms with Crippen LogP contribution in [0.4, 0.5) is 17.6 Å². The van der Waals surface area contributed by atoms with Gasteiger partial charge >= 0.3 is 6.18 Å². The van der Waals surface area contributed by atoms with E-state index in [4.69, 9.17) is 0 Å². The van der Waals surface area contributed by atoms with Crippen LogP contribution in [-0.2, 0) is 12.7 Å². The lowest BCUT2D eigenvalue weighted by atomic mass is 10.1. The van der Waals surface area contributed by atoms with Gasteiger partial charge in [0.1, 0.15) is 5.82 Å². The fourth-order valence-corrected chi connectivity index (χ4v) is 2.48. The summed E-state index contributed by atoms with van der Waals surface area (Å²) in [6, 6.07) is 4.08. The largest absolute Gasteiger partial charge is 0.419 e. The van der Waals surface area contributed by atoms with Gasteiger partial charge < -0.3 is 4.90 Å². The van der Waals surface area contributed by atoms with Crippen LogP contribution in [-0.4, -0.2) is 17.9 Å². The molecule has 2 aromatic rings. The lowest BCUT2D eigenvalue weighted by Gasteiger charge is -2.17. The van der Waals surface area contributed by atoms with Crippen molar-refractivity contribution < 1.29 is 22.4 Å². The van der Waals surface area contributed by atoms with Crippen molar-refractivity contribution in [2.75, 3.05) is 7.05 Å². The number of thiophene rings is 1. The Labute approximate surface area is 122 Å². The molecule has 0 aliphatic rings. The van der Waals surface area contributed by atoms with E-state index >= 15 is 0 Å². The van der Waals surface area contributed by atoms with E-state index in [9.17, 15) is 22.4 Å². The van der Waals surface area contributed by atoms with Gasteiger partial charge in [-0.2, -0.15) is 24.5 Å². The predicted molar refractivity (Wildman–Crippen MR) is 71.5 cm³/mol. The van der Waals surface area contributed by atoms with Gasteiger partial charge in [0.05, 0.1) is 5.56 Å². The molecular formula is C14H11F4NOS. The molecule has 1 heterocycles. The van der Waals surface area contributed by atoms with Gasteiger partial charge in [-0.05, 0) is 40.6 Å². The standard InChI is InChI=1S/C14H11F4NOS/c1-19(7-9-4-5-21-8-9)13(20)10-2-3-12(15)11(6-10)14(16,17)18/h2-6,8H,7H2,1H3. The highest BCUT2D eigenvalue weighted by Gasteiger charge is 2.34. The highest BCUT2D eigenvalue weighted by Crippen LogP contribution is 2.32. The first-order chi connectivity index (χ1) is 9.79. The maximum atomic E-state index is 13.2. The van der Waals surface area contributed by atoms with E-state index < -0.39 is 23.5 Å². The number of carbonyl (C=O) groups is 1. The van der Waals surface area contributed by atoms with Crippen LogP contribution in [0.25, 0.3) is 0 Å². The molecule has 21 heavy (non-hydrogen) atoms. The maximum Gasteiger partial charge on any atom is 0.419 e. The smallest absolute Gasteiger partial charge is 0.337 e. The van der Waals surface area contributed by atoms with Crippen molar-refractivity contribution >= 4 is 17.2 Å². The monoisotopic (exact) mass is 317 g/mol. The minimum atomic E-state index is -4.83. The molecule has 0 N–H and O–H groups in total. The molecule has 0 fully saturated rings. The number of halogens is 4. The van der Waals surface area contributed by atoms with Gasteiger partial charge in [-0.3, -0.25) is 4.79 Å². The number of hydrogen-bond donors (Lipinski definition) is 0. The van der Waals surface area contributed by atoms with E-state index in [1.165, 1.54) is 23.3 Å². The molecule has 7 heteroatoms. The number of benzene rings is 1. The van der Waals surface area contributed by atoms with E-state index in [2.05, 4.69) is 0 Å². The zero-order valence-electron chi connectivity index (χ0n) is 10.9. The number of alkyl halides is 3. The first-order valence-corrected chi connectivity index (χ1v) is 6.86. The second-order valence-electron chi connectivity index (χ2n) is 4.49. The molecule has 1 amide bonds. The number of amides is 1. The van der Waals surface area contributed by atoms with Crippen LogP contribution in [0.1, 0.15) is 21.5 Å². The summed E-state index contributed by atoms with van der Waals surface area (Å²) >= 11 is 1.46. The van der Waals surface area contributed by atoms with Crippen molar-refractivity contribution in [3.8, 4) is 0 Å². The Morgan fingerprint density at radius 3 is 2.57 bits per heavy atom. The van der Waals surface area contributed by atoms with Crippen molar-refractivity contribution in [3.05, 3.63) is 57.5 Å². The molecule has 0 saturated heterocycles. The van der Waals surface area contributed by atoms with E-state index in [1.54, 1.807) is 0 Å². The number of rotatable bonds is 3. The van der Waals surface area contributed by atoms with Gasteiger partial charge in [-0.25, -0.2) is 4.39 Å². The summed E-state index contributed by atoms with van der Waals surface area (Å²) in [4.78, 5) is 13.4. The highest BCUT2D eigenvalue weighted by molar-refractivity contribution is 7.07. The minimum Gasteiger partial charge on any atom is -0.337 e. The van der Waals surface area contributed by atoms with Gasteiger partial charge in [0, 0.05) is 19.2 Å². The third kappa shape index (κ3) is 3.60. The van der Waals surface area contributed by atoms with Crippen molar-refractivity contribution in [1.29, 1.82) is 0 Å². The Balaban J connectivity index is 2.23. The fraction of sp³-hybridized carbons (Fsp3) is 0.214. The molecule has 112 valence electrons. The average Bonchev–Trinajstić information content (AvgIpc) is 2.90. The number of carbonyl (C=O) groups excluding carboxylic acids is 1. The van der Waals surface area contributed by atoms with E-state index in [-0.39, 0.29) is 12.1 Å². The molecule has 2 nitrogen and oxygen atoms in total. The molecule has 0 aliphatic carbocycles. The SMILES string of the molecule is CN(Cc1ccsc1)C(=O)c1ccc(F)c(C(F)(F)F)c1. The van der Waals surface area contributed by atoms with Crippen LogP contribution in [0.2, 0.25) is 0 Å². The Morgan fingerprint density at radius 1 is 1.29 bits per heavy atom. The average molecular weight is 317 g/mol. The summed E-state index contributed by atoms with van der Waals surface area (Å²) in [5.74, 6) is -1.98. The lowest BCUT2D eigenvalue weighted by Crippen LogP contribution is -2.26. The summed E-state index contributed by atoms with van der Waals surface area (Å²) in [5, 5.41) is 3.68. The Morgan fingerprint density at radius 2 is 2.00 bits per heavy atom. The molecule has 2 rings (SSSR count). The Bertz CT molecular complexity index is 637. The summed E-state index contributed by atoms with van der Waals surface area (Å²) in [6.45, 7) is 0.279. The highest BCUT2D eigenvalue weighted by atomic mass is 32.1. The topological polar surface area (TPSA) is 20.3 Å². The number of nitrogens with zero attached hydrogens (tertiary/aromatic N) is 1. The van der Waals surface area contributed by atoms with Crippen molar-refractivity contribution in [1.82, 2.24) is 4.90 Å². The van der Waals surface area contributed by atoms with E-state index in [0.29, 0.717) is 12.1 Å². The third-order valence-corrected chi connectivity index (χ3v) is 3.60. The molecule has 1 aromatic heterocycles. The molecule has 0 spiro atoms. The summed E-state index contributed by atoms with van der Waals surface area (Å²) in [6.07, 6.45) is -4.83. The van der Waals surface area contributed by atoms with Crippen LogP contribution >= 0.6 is 11.3 Å². The van der Waals surface area contributed by atoms with E-state index in [0.717, 1.165) is 11.6 Å². The normalized spacial score (nSPS) is 11.5. The number of hydrogen-bond acceptors (Lipinski definition) is 2. The van der Waals surface area contributed by atoms with Crippen LogP contribution in [0.3, 0.4) is 0 Å². The molecule has 0 aliphatic heterocycles. The Hall–Kier alpha value is -1.89. The molecule has 0 bridgehead atoms. The van der Waals surface area contributed by atoms with Crippen molar-refractivity contribution in [2.45, 2.75) is 12.7 Å². The molecule has 0 atom stereocenters. The van der Waals surface area contributed by atoms with Crippen LogP contribution < -0.4 is 0 Å². The zero-order chi connectivity index (χ0) is 15.6. The van der Waals surface area contributed by atoms with Crippen LogP contribution in [0.15, 0.2) is 35.0 Å². The van der Waals surface area contributed by atoms with Crippen LogP contribution in [0.5, 0.6) is 0 Å². The van der Waals surface area contributed by atoms with Gasteiger partial charge in [-0.15, -0.1) is 0 Å². The molecule has 0 radical (unpaired) electrons. The first kappa shape index (κ1) is 15.5.